The molecule has 4 rings (SSSR count). The highest BCUT2D eigenvalue weighted by molar-refractivity contribution is 5.86. The van der Waals surface area contributed by atoms with Crippen LogP contribution >= 0.6 is 0 Å². The van der Waals surface area contributed by atoms with E-state index in [1.54, 1.807) is 0 Å². The van der Waals surface area contributed by atoms with Crippen molar-refractivity contribution < 1.29 is 14.3 Å². The average molecular weight is 386 g/mol. The number of carbonyl (C=O) groups is 2. The molecule has 6 nitrogen and oxygen atoms in total. The van der Waals surface area contributed by atoms with Crippen molar-refractivity contribution in [2.45, 2.75) is 69.2 Å². The average Bonchev–Trinajstić information content (AvgIpc) is 3.13. The summed E-state index contributed by atoms with van der Waals surface area (Å²) in [6.45, 7) is 2.92. The fourth-order valence-corrected chi connectivity index (χ4v) is 5.10. The molecule has 0 radical (unpaired) electrons. The third-order valence-corrected chi connectivity index (χ3v) is 6.76. The zero-order valence-electron chi connectivity index (χ0n) is 16.5. The highest BCUT2D eigenvalue weighted by Gasteiger charge is 2.44. The molecule has 1 aromatic carbocycles. The Morgan fingerprint density at radius 2 is 1.75 bits per heavy atom. The number of amides is 2. The Hall–Kier alpha value is -1.92. The summed E-state index contributed by atoms with van der Waals surface area (Å²) in [5.41, 5.74) is 6.74. The van der Waals surface area contributed by atoms with Gasteiger partial charge in [0.2, 0.25) is 11.8 Å². The molecule has 0 bridgehead atoms. The normalized spacial score (nSPS) is 27.8. The number of benzene rings is 1. The van der Waals surface area contributed by atoms with Crippen molar-refractivity contribution in [3.63, 3.8) is 0 Å². The predicted molar refractivity (Wildman–Crippen MR) is 106 cm³/mol. The SMILES string of the molecule is NC(=O)[C@@H]1CC[C@H](C(=O)N2CCC3(CCCCO3)CC2)N1Cc1ccccc1. The summed E-state index contributed by atoms with van der Waals surface area (Å²) in [5, 5.41) is 0. The van der Waals surface area contributed by atoms with E-state index in [0.29, 0.717) is 19.4 Å². The van der Waals surface area contributed by atoms with Crippen LogP contribution in [0.5, 0.6) is 0 Å². The van der Waals surface area contributed by atoms with Gasteiger partial charge in [0.05, 0.1) is 17.7 Å². The molecule has 3 saturated heterocycles. The van der Waals surface area contributed by atoms with Crippen LogP contribution in [-0.4, -0.2) is 59.0 Å². The number of primary amides is 1. The van der Waals surface area contributed by atoms with E-state index in [4.69, 9.17) is 10.5 Å². The quantitative estimate of drug-likeness (QED) is 0.861. The van der Waals surface area contributed by atoms with E-state index >= 15 is 0 Å². The van der Waals surface area contributed by atoms with Gasteiger partial charge in [-0.2, -0.15) is 0 Å². The van der Waals surface area contributed by atoms with Gasteiger partial charge in [-0.25, -0.2) is 0 Å². The van der Waals surface area contributed by atoms with Gasteiger partial charge in [0, 0.05) is 26.2 Å². The first-order valence-electron chi connectivity index (χ1n) is 10.6. The van der Waals surface area contributed by atoms with Crippen molar-refractivity contribution >= 4 is 11.8 Å². The molecule has 28 heavy (non-hydrogen) atoms. The minimum absolute atomic E-state index is 0.00973. The van der Waals surface area contributed by atoms with Gasteiger partial charge in [0.15, 0.2) is 0 Å². The molecular formula is C22H31N3O3. The standard InChI is InChI=1S/C22H31N3O3/c23-20(26)18-8-9-19(25(18)16-17-6-2-1-3-7-17)21(27)24-13-11-22(12-14-24)10-4-5-15-28-22/h1-3,6-7,18-19H,4-5,8-16H2,(H2,23,26)/t18-,19+/m0/s1. The number of rotatable bonds is 4. The summed E-state index contributed by atoms with van der Waals surface area (Å²) in [4.78, 5) is 29.3. The van der Waals surface area contributed by atoms with Crippen LogP contribution in [0.2, 0.25) is 0 Å². The van der Waals surface area contributed by atoms with Crippen LogP contribution < -0.4 is 5.73 Å². The molecule has 0 saturated carbocycles. The molecule has 3 heterocycles. The van der Waals surface area contributed by atoms with E-state index in [1.165, 1.54) is 6.42 Å². The van der Waals surface area contributed by atoms with Crippen molar-refractivity contribution in [3.8, 4) is 0 Å². The Balaban J connectivity index is 1.44. The third-order valence-electron chi connectivity index (χ3n) is 6.76. The minimum Gasteiger partial charge on any atom is -0.375 e. The summed E-state index contributed by atoms with van der Waals surface area (Å²) >= 11 is 0. The lowest BCUT2D eigenvalue weighted by Crippen LogP contribution is -2.54. The molecule has 6 heteroatoms. The summed E-state index contributed by atoms with van der Waals surface area (Å²) in [5.74, 6) is -0.190. The first-order valence-corrected chi connectivity index (χ1v) is 10.6. The van der Waals surface area contributed by atoms with Gasteiger partial charge in [0.25, 0.3) is 0 Å². The van der Waals surface area contributed by atoms with Gasteiger partial charge < -0.3 is 15.4 Å². The van der Waals surface area contributed by atoms with E-state index in [-0.39, 0.29) is 29.5 Å². The maximum atomic E-state index is 13.3. The topological polar surface area (TPSA) is 75.9 Å². The van der Waals surface area contributed by atoms with Crippen LogP contribution in [0.25, 0.3) is 0 Å². The molecule has 1 spiro atoms. The van der Waals surface area contributed by atoms with E-state index in [0.717, 1.165) is 50.9 Å². The van der Waals surface area contributed by atoms with Crippen LogP contribution in [0, 0.1) is 0 Å². The Morgan fingerprint density at radius 3 is 2.39 bits per heavy atom. The monoisotopic (exact) mass is 385 g/mol. The highest BCUT2D eigenvalue weighted by Crippen LogP contribution is 2.36. The van der Waals surface area contributed by atoms with Crippen LogP contribution in [-0.2, 0) is 20.9 Å². The highest BCUT2D eigenvalue weighted by atomic mass is 16.5. The van der Waals surface area contributed by atoms with Crippen LogP contribution in [0.15, 0.2) is 30.3 Å². The number of likely N-dealkylation sites (tertiary alicyclic amines) is 2. The second-order valence-corrected chi connectivity index (χ2v) is 8.48. The molecule has 0 aliphatic carbocycles. The second-order valence-electron chi connectivity index (χ2n) is 8.48. The summed E-state index contributed by atoms with van der Waals surface area (Å²) in [6.07, 6.45) is 6.67. The van der Waals surface area contributed by atoms with Gasteiger partial charge in [-0.1, -0.05) is 30.3 Å². The number of carbonyl (C=O) groups excluding carboxylic acids is 2. The molecule has 0 unspecified atom stereocenters. The van der Waals surface area contributed by atoms with Crippen molar-refractivity contribution in [2.24, 2.45) is 5.73 Å². The summed E-state index contributed by atoms with van der Waals surface area (Å²) in [7, 11) is 0. The number of nitrogens with zero attached hydrogens (tertiary/aromatic N) is 2. The number of ether oxygens (including phenoxy) is 1. The number of hydrogen-bond donors (Lipinski definition) is 1. The first-order chi connectivity index (χ1) is 13.6. The number of nitrogens with two attached hydrogens (primary N) is 1. The zero-order valence-corrected chi connectivity index (χ0v) is 16.5. The molecule has 3 aliphatic heterocycles. The van der Waals surface area contributed by atoms with E-state index in [9.17, 15) is 9.59 Å². The molecule has 2 N–H and O–H groups in total. The Bertz CT molecular complexity index is 692. The lowest BCUT2D eigenvalue weighted by molar-refractivity contribution is -0.147. The minimum atomic E-state index is -0.369. The van der Waals surface area contributed by atoms with Crippen molar-refractivity contribution in [3.05, 3.63) is 35.9 Å². The van der Waals surface area contributed by atoms with Gasteiger partial charge in [-0.05, 0) is 50.5 Å². The first kappa shape index (κ1) is 19.4. The molecule has 2 atom stereocenters. The van der Waals surface area contributed by atoms with Crippen LogP contribution in [0.3, 0.4) is 0 Å². The Labute approximate surface area is 167 Å². The Morgan fingerprint density at radius 1 is 1.04 bits per heavy atom. The molecule has 152 valence electrons. The van der Waals surface area contributed by atoms with Crippen LogP contribution in [0.4, 0.5) is 0 Å². The molecule has 3 fully saturated rings. The maximum Gasteiger partial charge on any atom is 0.239 e. The lowest BCUT2D eigenvalue weighted by atomic mass is 9.84. The van der Waals surface area contributed by atoms with E-state index in [1.807, 2.05) is 40.1 Å². The number of hydrogen-bond acceptors (Lipinski definition) is 4. The smallest absolute Gasteiger partial charge is 0.239 e. The fourth-order valence-electron chi connectivity index (χ4n) is 5.10. The van der Waals surface area contributed by atoms with Gasteiger partial charge >= 0.3 is 0 Å². The largest absolute Gasteiger partial charge is 0.375 e. The lowest BCUT2D eigenvalue weighted by Gasteiger charge is -2.45. The fraction of sp³-hybridized carbons (Fsp3) is 0.636. The molecule has 1 aromatic rings. The van der Waals surface area contributed by atoms with Crippen LogP contribution in [0.1, 0.15) is 50.5 Å². The molecule has 0 aromatic heterocycles. The van der Waals surface area contributed by atoms with E-state index in [2.05, 4.69) is 0 Å². The van der Waals surface area contributed by atoms with Gasteiger partial charge in [-0.15, -0.1) is 0 Å². The molecule has 3 aliphatic rings. The van der Waals surface area contributed by atoms with E-state index < -0.39 is 0 Å². The maximum absolute atomic E-state index is 13.3. The molecule has 2 amide bonds. The van der Waals surface area contributed by atoms with Crippen molar-refractivity contribution in [2.75, 3.05) is 19.7 Å². The van der Waals surface area contributed by atoms with Gasteiger partial charge in [0.1, 0.15) is 0 Å². The summed E-state index contributed by atoms with van der Waals surface area (Å²) in [6, 6.07) is 9.36. The Kier molecular flexibility index (Phi) is 5.69. The second kappa shape index (κ2) is 8.21. The third kappa shape index (κ3) is 3.94. The summed E-state index contributed by atoms with van der Waals surface area (Å²) < 4.78 is 6.10. The van der Waals surface area contributed by atoms with Crippen molar-refractivity contribution in [1.82, 2.24) is 9.80 Å². The zero-order chi connectivity index (χ0) is 19.6. The predicted octanol–water partition coefficient (Wildman–Crippen LogP) is 2.07. The number of piperidine rings is 1. The van der Waals surface area contributed by atoms with Gasteiger partial charge in [-0.3, -0.25) is 14.5 Å². The molecular weight excluding hydrogens is 354 g/mol. The van der Waals surface area contributed by atoms with Crippen molar-refractivity contribution in [1.29, 1.82) is 0 Å².